The molecule has 0 heterocycles. The van der Waals surface area contributed by atoms with Gasteiger partial charge in [-0.05, 0) is 36.5 Å². The summed E-state index contributed by atoms with van der Waals surface area (Å²) in [4.78, 5) is 11.1. The van der Waals surface area contributed by atoms with E-state index in [1.54, 1.807) is 0 Å². The van der Waals surface area contributed by atoms with Gasteiger partial charge < -0.3 is 16.0 Å². The van der Waals surface area contributed by atoms with Crippen molar-refractivity contribution in [2.75, 3.05) is 5.32 Å². The fraction of sp³-hybridized carbons (Fsp3) is 0.273. The zero-order valence-electron chi connectivity index (χ0n) is 10.2. The van der Waals surface area contributed by atoms with Crippen LogP contribution in [0.2, 0.25) is 0 Å². The summed E-state index contributed by atoms with van der Waals surface area (Å²) in [5.74, 6) is -0.347. The van der Waals surface area contributed by atoms with Gasteiger partial charge in [0.05, 0.1) is 0 Å². The highest BCUT2D eigenvalue weighted by Gasteiger charge is 2.33. The van der Waals surface area contributed by atoms with E-state index in [0.29, 0.717) is 0 Å². The molecule has 0 aliphatic carbocycles. The van der Waals surface area contributed by atoms with Gasteiger partial charge in [0.1, 0.15) is 6.17 Å². The molecule has 1 amide bonds. The standard InChI is InChI=1S/C11H11BrCl3N3OS/c1-6(19)16-9(11(13,14)15)18-10(20)17-8-4-2-7(12)3-5-8/h2-5,9H,1H3,(H,16,19)(H2,17,18,20)/t9-/m1/s1. The molecule has 1 atom stereocenters. The van der Waals surface area contributed by atoms with Gasteiger partial charge in [0, 0.05) is 17.1 Å². The number of benzene rings is 1. The normalized spacial score (nSPS) is 12.4. The van der Waals surface area contributed by atoms with Crippen LogP contribution in [-0.4, -0.2) is 21.0 Å². The molecule has 110 valence electrons. The molecule has 20 heavy (non-hydrogen) atoms. The molecule has 0 saturated heterocycles. The number of carbonyl (C=O) groups excluding carboxylic acids is 1. The molecule has 1 aromatic rings. The first-order valence-corrected chi connectivity index (χ1v) is 7.69. The van der Waals surface area contributed by atoms with E-state index in [0.717, 1.165) is 10.2 Å². The summed E-state index contributed by atoms with van der Waals surface area (Å²) in [6.07, 6.45) is -0.944. The van der Waals surface area contributed by atoms with Gasteiger partial charge in [-0.15, -0.1) is 0 Å². The summed E-state index contributed by atoms with van der Waals surface area (Å²) in [6.45, 7) is 1.32. The highest BCUT2D eigenvalue weighted by atomic mass is 79.9. The van der Waals surface area contributed by atoms with E-state index < -0.39 is 9.96 Å². The van der Waals surface area contributed by atoms with Gasteiger partial charge in [-0.1, -0.05) is 50.7 Å². The van der Waals surface area contributed by atoms with Gasteiger partial charge >= 0.3 is 0 Å². The van der Waals surface area contributed by atoms with Crippen LogP contribution in [0.25, 0.3) is 0 Å². The van der Waals surface area contributed by atoms with E-state index in [4.69, 9.17) is 47.0 Å². The summed E-state index contributed by atoms with van der Waals surface area (Å²) >= 11 is 25.7. The fourth-order valence-corrected chi connectivity index (χ4v) is 2.06. The van der Waals surface area contributed by atoms with Crippen molar-refractivity contribution < 1.29 is 4.79 Å². The van der Waals surface area contributed by atoms with Gasteiger partial charge in [-0.2, -0.15) is 0 Å². The zero-order chi connectivity index (χ0) is 15.3. The first kappa shape index (κ1) is 17.8. The molecule has 3 N–H and O–H groups in total. The number of rotatable bonds is 3. The SMILES string of the molecule is CC(=O)N[C@H](NC(=S)Nc1ccc(Br)cc1)C(Cl)(Cl)Cl. The minimum atomic E-state index is -1.74. The maximum absolute atomic E-state index is 11.1. The molecular weight excluding hydrogens is 408 g/mol. The van der Waals surface area contributed by atoms with Crippen LogP contribution in [0.15, 0.2) is 28.7 Å². The number of anilines is 1. The zero-order valence-corrected chi connectivity index (χ0v) is 14.9. The number of nitrogens with one attached hydrogen (secondary N) is 3. The molecule has 0 spiro atoms. The molecule has 0 aliphatic heterocycles. The molecule has 1 aromatic carbocycles. The Morgan fingerprint density at radius 2 is 1.80 bits per heavy atom. The molecule has 0 unspecified atom stereocenters. The predicted molar refractivity (Wildman–Crippen MR) is 91.4 cm³/mol. The average Bonchev–Trinajstić information content (AvgIpc) is 2.29. The third kappa shape index (κ3) is 6.45. The van der Waals surface area contributed by atoms with E-state index in [9.17, 15) is 4.79 Å². The topological polar surface area (TPSA) is 53.2 Å². The summed E-state index contributed by atoms with van der Waals surface area (Å²) in [6, 6.07) is 7.35. The molecular formula is C11H11BrCl3N3OS. The van der Waals surface area contributed by atoms with Crippen LogP contribution in [-0.2, 0) is 4.79 Å². The van der Waals surface area contributed by atoms with Crippen molar-refractivity contribution in [1.29, 1.82) is 0 Å². The van der Waals surface area contributed by atoms with Crippen molar-refractivity contribution >= 4 is 79.7 Å². The molecule has 1 rings (SSSR count). The monoisotopic (exact) mass is 417 g/mol. The minimum Gasteiger partial charge on any atom is -0.339 e. The molecule has 0 fully saturated rings. The van der Waals surface area contributed by atoms with Crippen LogP contribution < -0.4 is 16.0 Å². The van der Waals surface area contributed by atoms with Crippen LogP contribution in [0.3, 0.4) is 0 Å². The second kappa shape index (κ2) is 7.66. The molecule has 4 nitrogen and oxygen atoms in total. The Kier molecular flexibility index (Phi) is 6.81. The molecule has 0 aliphatic rings. The Morgan fingerprint density at radius 3 is 2.25 bits per heavy atom. The second-order valence-corrected chi connectivity index (χ2v) is 7.47. The van der Waals surface area contributed by atoms with Crippen LogP contribution in [0, 0.1) is 0 Å². The van der Waals surface area contributed by atoms with E-state index in [-0.39, 0.29) is 11.0 Å². The minimum absolute atomic E-state index is 0.220. The van der Waals surface area contributed by atoms with Crippen LogP contribution >= 0.6 is 63.0 Å². The van der Waals surface area contributed by atoms with Crippen molar-refractivity contribution in [2.24, 2.45) is 0 Å². The predicted octanol–water partition coefficient (Wildman–Crippen LogP) is 3.57. The number of alkyl halides is 3. The number of amides is 1. The van der Waals surface area contributed by atoms with Crippen LogP contribution in [0.4, 0.5) is 5.69 Å². The van der Waals surface area contributed by atoms with Crippen molar-refractivity contribution in [3.8, 4) is 0 Å². The Morgan fingerprint density at radius 1 is 1.25 bits per heavy atom. The van der Waals surface area contributed by atoms with E-state index in [1.165, 1.54) is 6.92 Å². The van der Waals surface area contributed by atoms with Gasteiger partial charge in [-0.25, -0.2) is 0 Å². The lowest BCUT2D eigenvalue weighted by molar-refractivity contribution is -0.119. The summed E-state index contributed by atoms with van der Waals surface area (Å²) in [5.41, 5.74) is 0.761. The van der Waals surface area contributed by atoms with Crippen molar-refractivity contribution in [1.82, 2.24) is 10.6 Å². The van der Waals surface area contributed by atoms with Gasteiger partial charge in [0.25, 0.3) is 0 Å². The van der Waals surface area contributed by atoms with Crippen LogP contribution in [0.1, 0.15) is 6.92 Å². The average molecular weight is 420 g/mol. The van der Waals surface area contributed by atoms with Gasteiger partial charge in [0.15, 0.2) is 5.11 Å². The third-order valence-corrected chi connectivity index (χ3v) is 3.46. The van der Waals surface area contributed by atoms with Crippen molar-refractivity contribution in [3.05, 3.63) is 28.7 Å². The number of carbonyl (C=O) groups is 1. The Bertz CT molecular complexity index is 493. The summed E-state index contributed by atoms with van der Waals surface area (Å²) < 4.78 is -0.795. The van der Waals surface area contributed by atoms with E-state index >= 15 is 0 Å². The quantitative estimate of drug-likeness (QED) is 0.398. The van der Waals surface area contributed by atoms with E-state index in [1.807, 2.05) is 24.3 Å². The highest BCUT2D eigenvalue weighted by Crippen LogP contribution is 2.29. The number of thiocarbonyl (C=S) groups is 1. The van der Waals surface area contributed by atoms with Gasteiger partial charge in [0.2, 0.25) is 9.70 Å². The number of halogens is 4. The molecule has 0 saturated carbocycles. The summed E-state index contributed by atoms with van der Waals surface area (Å²) in [5, 5.41) is 8.33. The Hall–Kier alpha value is -0.270. The largest absolute Gasteiger partial charge is 0.339 e. The Labute approximate surface area is 145 Å². The molecule has 0 aromatic heterocycles. The fourth-order valence-electron chi connectivity index (χ4n) is 1.23. The van der Waals surface area contributed by atoms with E-state index in [2.05, 4.69) is 31.9 Å². The number of hydrogen-bond acceptors (Lipinski definition) is 2. The highest BCUT2D eigenvalue weighted by molar-refractivity contribution is 9.10. The first-order chi connectivity index (χ1) is 9.18. The lowest BCUT2D eigenvalue weighted by Crippen LogP contribution is -2.55. The van der Waals surface area contributed by atoms with Crippen molar-refractivity contribution in [2.45, 2.75) is 16.9 Å². The third-order valence-electron chi connectivity index (χ3n) is 2.05. The Balaban J connectivity index is 2.66. The lowest BCUT2D eigenvalue weighted by Gasteiger charge is -2.27. The summed E-state index contributed by atoms with van der Waals surface area (Å²) in [7, 11) is 0. The first-order valence-electron chi connectivity index (χ1n) is 5.35. The lowest BCUT2D eigenvalue weighted by atomic mass is 10.3. The smallest absolute Gasteiger partial charge is 0.228 e. The van der Waals surface area contributed by atoms with Crippen LogP contribution in [0.5, 0.6) is 0 Å². The number of hydrogen-bond donors (Lipinski definition) is 3. The molecule has 0 bridgehead atoms. The van der Waals surface area contributed by atoms with Gasteiger partial charge in [-0.3, -0.25) is 4.79 Å². The molecule has 0 radical (unpaired) electrons. The maximum atomic E-state index is 11.1. The van der Waals surface area contributed by atoms with Crippen molar-refractivity contribution in [3.63, 3.8) is 0 Å². The second-order valence-electron chi connectivity index (χ2n) is 3.78. The maximum Gasteiger partial charge on any atom is 0.228 e. The molecule has 9 heteroatoms.